The lowest BCUT2D eigenvalue weighted by Crippen LogP contribution is -2.14. The number of nitriles is 1. The molecule has 0 spiro atoms. The highest BCUT2D eigenvalue weighted by Gasteiger charge is 2.14. The Morgan fingerprint density at radius 3 is 2.42 bits per heavy atom. The van der Waals surface area contributed by atoms with Crippen LogP contribution in [0.25, 0.3) is 6.08 Å². The Kier molecular flexibility index (Phi) is 9.34. The summed E-state index contributed by atoms with van der Waals surface area (Å²) < 4.78 is 16.2. The molecule has 7 nitrogen and oxygen atoms in total. The van der Waals surface area contributed by atoms with Gasteiger partial charge in [0, 0.05) is 17.3 Å². The molecule has 0 aromatic heterocycles. The maximum atomic E-state index is 12.8. The molecule has 0 aliphatic rings. The van der Waals surface area contributed by atoms with E-state index in [0.717, 1.165) is 5.56 Å². The summed E-state index contributed by atoms with van der Waals surface area (Å²) in [5, 5.41) is 13.1. The number of hydrogen-bond acceptors (Lipinski definition) is 6. The van der Waals surface area contributed by atoms with E-state index in [2.05, 4.69) is 5.32 Å². The Balaban J connectivity index is 1.80. The summed E-state index contributed by atoms with van der Waals surface area (Å²) in [7, 11) is 1.52. The van der Waals surface area contributed by atoms with Gasteiger partial charge in [0.05, 0.1) is 29.3 Å². The Morgan fingerprint density at radius 1 is 1.03 bits per heavy atom. The number of ether oxygens (including phenoxy) is 3. The van der Waals surface area contributed by atoms with Crippen molar-refractivity contribution in [3.8, 4) is 17.6 Å². The minimum Gasteiger partial charge on any atom is -0.497 e. The lowest BCUT2D eigenvalue weighted by Gasteiger charge is -2.12. The molecule has 0 heterocycles. The van der Waals surface area contributed by atoms with E-state index in [9.17, 15) is 14.9 Å². The van der Waals surface area contributed by atoms with Crippen LogP contribution >= 0.6 is 23.2 Å². The molecule has 1 amide bonds. The molecule has 3 aromatic rings. The first-order valence-corrected chi connectivity index (χ1v) is 11.5. The standard InChI is InChI=1S/C27H22Cl2N2O5/c1-3-35-27(33)18-5-8-21(9-6-18)31-26(32)20(15-30)13-19-7-10-22(34-2)14-25(19)36-16-17-4-11-23(28)24(29)12-17/h4-14H,3,16H2,1-2H3,(H,31,32)/b20-13+. The number of benzene rings is 3. The summed E-state index contributed by atoms with van der Waals surface area (Å²) in [5.74, 6) is -0.130. The zero-order valence-electron chi connectivity index (χ0n) is 19.5. The molecule has 0 saturated heterocycles. The third-order valence-electron chi connectivity index (χ3n) is 4.92. The van der Waals surface area contributed by atoms with Gasteiger partial charge in [-0.2, -0.15) is 5.26 Å². The summed E-state index contributed by atoms with van der Waals surface area (Å²) in [6.45, 7) is 2.15. The molecule has 0 atom stereocenters. The van der Waals surface area contributed by atoms with Crippen molar-refractivity contribution in [1.29, 1.82) is 5.26 Å². The number of carbonyl (C=O) groups excluding carboxylic acids is 2. The first-order valence-electron chi connectivity index (χ1n) is 10.8. The van der Waals surface area contributed by atoms with Crippen molar-refractivity contribution in [3.05, 3.63) is 93.0 Å². The topological polar surface area (TPSA) is 97.7 Å². The van der Waals surface area contributed by atoms with Crippen LogP contribution in [0.1, 0.15) is 28.4 Å². The molecule has 36 heavy (non-hydrogen) atoms. The van der Waals surface area contributed by atoms with Crippen LogP contribution in [-0.4, -0.2) is 25.6 Å². The molecule has 0 bridgehead atoms. The molecule has 0 radical (unpaired) electrons. The lowest BCUT2D eigenvalue weighted by atomic mass is 10.1. The Hall–Kier alpha value is -3.99. The molecule has 0 saturated carbocycles. The highest BCUT2D eigenvalue weighted by Crippen LogP contribution is 2.29. The molecular formula is C27H22Cl2N2O5. The van der Waals surface area contributed by atoms with Gasteiger partial charge in [-0.25, -0.2) is 4.79 Å². The number of amides is 1. The van der Waals surface area contributed by atoms with Gasteiger partial charge in [-0.15, -0.1) is 0 Å². The van der Waals surface area contributed by atoms with Crippen molar-refractivity contribution in [3.63, 3.8) is 0 Å². The summed E-state index contributed by atoms with van der Waals surface area (Å²) in [4.78, 5) is 24.6. The van der Waals surface area contributed by atoms with Gasteiger partial charge in [-0.05, 0) is 67.1 Å². The Bertz CT molecular complexity index is 1330. The van der Waals surface area contributed by atoms with E-state index in [1.54, 1.807) is 55.5 Å². The van der Waals surface area contributed by atoms with Crippen molar-refractivity contribution >= 4 is 46.8 Å². The number of halogens is 2. The summed E-state index contributed by atoms with van der Waals surface area (Å²) >= 11 is 12.1. The lowest BCUT2D eigenvalue weighted by molar-refractivity contribution is -0.112. The predicted molar refractivity (Wildman–Crippen MR) is 138 cm³/mol. The number of nitrogens with one attached hydrogen (secondary N) is 1. The van der Waals surface area contributed by atoms with E-state index in [-0.39, 0.29) is 18.8 Å². The number of methoxy groups -OCH3 is 1. The second kappa shape index (κ2) is 12.6. The van der Waals surface area contributed by atoms with E-state index in [1.165, 1.54) is 25.3 Å². The minimum atomic E-state index is -0.618. The number of nitrogens with zero attached hydrogens (tertiary/aromatic N) is 1. The van der Waals surface area contributed by atoms with Gasteiger partial charge in [-0.1, -0.05) is 29.3 Å². The van der Waals surface area contributed by atoms with Crippen LogP contribution in [0, 0.1) is 11.3 Å². The van der Waals surface area contributed by atoms with Crippen molar-refractivity contribution in [2.75, 3.05) is 19.0 Å². The first kappa shape index (κ1) is 26.6. The smallest absolute Gasteiger partial charge is 0.338 e. The summed E-state index contributed by atoms with van der Waals surface area (Å²) in [6.07, 6.45) is 1.42. The Labute approximate surface area is 218 Å². The summed E-state index contributed by atoms with van der Waals surface area (Å²) in [6, 6.07) is 18.3. The first-order chi connectivity index (χ1) is 17.3. The van der Waals surface area contributed by atoms with E-state index in [0.29, 0.717) is 38.4 Å². The van der Waals surface area contributed by atoms with Gasteiger partial charge in [-0.3, -0.25) is 4.79 Å². The fraction of sp³-hybridized carbons (Fsp3) is 0.148. The van der Waals surface area contributed by atoms with Crippen LogP contribution < -0.4 is 14.8 Å². The van der Waals surface area contributed by atoms with Crippen molar-refractivity contribution in [1.82, 2.24) is 0 Å². The van der Waals surface area contributed by atoms with Crippen LogP contribution in [0.3, 0.4) is 0 Å². The van der Waals surface area contributed by atoms with Crippen LogP contribution in [-0.2, 0) is 16.1 Å². The maximum Gasteiger partial charge on any atom is 0.338 e. The van der Waals surface area contributed by atoms with Gasteiger partial charge in [0.1, 0.15) is 29.7 Å². The van der Waals surface area contributed by atoms with Crippen molar-refractivity contribution < 1.29 is 23.8 Å². The van der Waals surface area contributed by atoms with Crippen LogP contribution in [0.4, 0.5) is 5.69 Å². The van der Waals surface area contributed by atoms with Gasteiger partial charge in [0.15, 0.2) is 0 Å². The number of anilines is 1. The van der Waals surface area contributed by atoms with Crippen LogP contribution in [0.5, 0.6) is 11.5 Å². The van der Waals surface area contributed by atoms with Crippen LogP contribution in [0.15, 0.2) is 66.2 Å². The monoisotopic (exact) mass is 524 g/mol. The molecule has 1 N–H and O–H groups in total. The second-order valence-corrected chi connectivity index (χ2v) is 8.18. The highest BCUT2D eigenvalue weighted by atomic mass is 35.5. The molecule has 0 aliphatic heterocycles. The maximum absolute atomic E-state index is 12.8. The fourth-order valence-corrected chi connectivity index (χ4v) is 3.40. The average molecular weight is 525 g/mol. The summed E-state index contributed by atoms with van der Waals surface area (Å²) in [5.41, 5.74) is 1.91. The fourth-order valence-electron chi connectivity index (χ4n) is 3.08. The van der Waals surface area contributed by atoms with Crippen molar-refractivity contribution in [2.24, 2.45) is 0 Å². The average Bonchev–Trinajstić information content (AvgIpc) is 2.88. The van der Waals surface area contributed by atoms with E-state index in [4.69, 9.17) is 37.4 Å². The largest absolute Gasteiger partial charge is 0.497 e. The predicted octanol–water partition coefficient (Wildman–Crippen LogP) is 6.30. The number of carbonyl (C=O) groups is 2. The van der Waals surface area contributed by atoms with E-state index < -0.39 is 11.9 Å². The zero-order valence-corrected chi connectivity index (χ0v) is 21.0. The third-order valence-corrected chi connectivity index (χ3v) is 5.66. The molecule has 0 unspecified atom stereocenters. The Morgan fingerprint density at radius 2 is 1.78 bits per heavy atom. The van der Waals surface area contributed by atoms with E-state index in [1.807, 2.05) is 6.07 Å². The quantitative estimate of drug-likeness (QED) is 0.200. The number of esters is 1. The number of rotatable bonds is 9. The zero-order chi connectivity index (χ0) is 26.1. The molecule has 0 fully saturated rings. The molecule has 0 aliphatic carbocycles. The number of hydrogen-bond donors (Lipinski definition) is 1. The van der Waals surface area contributed by atoms with Gasteiger partial charge in [0.2, 0.25) is 0 Å². The normalized spacial score (nSPS) is 10.8. The molecule has 184 valence electrons. The van der Waals surface area contributed by atoms with Gasteiger partial charge >= 0.3 is 5.97 Å². The molecule has 3 rings (SSSR count). The SMILES string of the molecule is CCOC(=O)c1ccc(NC(=O)/C(C#N)=C/c2ccc(OC)cc2OCc2ccc(Cl)c(Cl)c2)cc1. The van der Waals surface area contributed by atoms with Gasteiger partial charge in [0.25, 0.3) is 5.91 Å². The van der Waals surface area contributed by atoms with E-state index >= 15 is 0 Å². The minimum absolute atomic E-state index is 0.144. The molecule has 9 heteroatoms. The second-order valence-electron chi connectivity index (χ2n) is 7.36. The highest BCUT2D eigenvalue weighted by molar-refractivity contribution is 6.42. The van der Waals surface area contributed by atoms with Crippen LogP contribution in [0.2, 0.25) is 10.0 Å². The third kappa shape index (κ3) is 7.01. The van der Waals surface area contributed by atoms with Gasteiger partial charge < -0.3 is 19.5 Å². The van der Waals surface area contributed by atoms with Crippen molar-refractivity contribution in [2.45, 2.75) is 13.5 Å². The molecular weight excluding hydrogens is 503 g/mol. The molecule has 3 aromatic carbocycles.